The van der Waals surface area contributed by atoms with Crippen molar-refractivity contribution in [2.45, 2.75) is 32.9 Å². The quantitative estimate of drug-likeness (QED) is 0.306. The molecule has 0 saturated carbocycles. The molecule has 1 aliphatic rings. The van der Waals surface area contributed by atoms with E-state index in [9.17, 15) is 4.79 Å². The number of nitrogens with one attached hydrogen (secondary N) is 2. The van der Waals surface area contributed by atoms with Gasteiger partial charge in [-0.2, -0.15) is 0 Å². The van der Waals surface area contributed by atoms with Crippen molar-refractivity contribution < 1.29 is 4.79 Å². The van der Waals surface area contributed by atoms with E-state index >= 15 is 0 Å². The minimum absolute atomic E-state index is 0.110. The fourth-order valence-corrected chi connectivity index (χ4v) is 5.51. The van der Waals surface area contributed by atoms with Crippen molar-refractivity contribution in [3.8, 4) is 5.69 Å². The predicted octanol–water partition coefficient (Wildman–Crippen LogP) is 6.28. The maximum atomic E-state index is 11.5. The number of halogens is 1. The number of para-hydroxylation sites is 1. The predicted molar refractivity (Wildman–Crippen MR) is 149 cm³/mol. The van der Waals surface area contributed by atoms with Crippen molar-refractivity contribution in [3.63, 3.8) is 0 Å². The number of nitrogens with zero attached hydrogens (tertiary/aromatic N) is 3. The van der Waals surface area contributed by atoms with Crippen molar-refractivity contribution >= 4 is 46.2 Å². The summed E-state index contributed by atoms with van der Waals surface area (Å²) < 4.78 is 2.19. The number of hydrogen-bond donors (Lipinski definition) is 2. The Morgan fingerprint density at radius 3 is 2.44 bits per heavy atom. The van der Waals surface area contributed by atoms with Crippen LogP contribution in [0.5, 0.6) is 0 Å². The number of aromatic nitrogens is 2. The molecule has 182 valence electrons. The van der Waals surface area contributed by atoms with E-state index in [4.69, 9.17) is 23.8 Å². The largest absolute Gasteiger partial charge is 0.351 e. The molecule has 4 aromatic rings. The Morgan fingerprint density at radius 1 is 1.06 bits per heavy atom. The molecule has 6 nitrogen and oxygen atoms in total. The molecule has 0 radical (unpaired) electrons. The first kappa shape index (κ1) is 24.0. The second-order valence-corrected chi connectivity index (χ2v) is 9.63. The van der Waals surface area contributed by atoms with Gasteiger partial charge in [0.05, 0.1) is 28.5 Å². The molecule has 1 saturated heterocycles. The Bertz CT molecular complexity index is 1430. The molecule has 2 N–H and O–H groups in total. The lowest BCUT2D eigenvalue weighted by Crippen LogP contribution is -2.29. The van der Waals surface area contributed by atoms with Gasteiger partial charge in [-0.25, -0.2) is 0 Å². The number of amides is 1. The number of benzene rings is 2. The van der Waals surface area contributed by atoms with Crippen LogP contribution < -0.4 is 15.5 Å². The maximum Gasteiger partial charge on any atom is 0.221 e. The van der Waals surface area contributed by atoms with Crippen molar-refractivity contribution in [1.29, 1.82) is 0 Å². The smallest absolute Gasteiger partial charge is 0.221 e. The molecule has 2 atom stereocenters. The SMILES string of the molecule is CC(=O)Nc1ccc(N2C(=S)NC(c3ccccn3)C2c2cc(C)n(-c3ccccc3Cl)c2C)cc1. The third-order valence-corrected chi connectivity index (χ3v) is 7.08. The van der Waals surface area contributed by atoms with Gasteiger partial charge in [-0.05, 0) is 86.2 Å². The number of anilines is 2. The van der Waals surface area contributed by atoms with Gasteiger partial charge in [0.15, 0.2) is 5.11 Å². The van der Waals surface area contributed by atoms with E-state index in [2.05, 4.69) is 45.0 Å². The molecule has 8 heteroatoms. The number of thiocarbonyl (C=S) groups is 1. The lowest BCUT2D eigenvalue weighted by Gasteiger charge is -2.28. The molecule has 0 aliphatic carbocycles. The van der Waals surface area contributed by atoms with Gasteiger partial charge in [-0.1, -0.05) is 29.8 Å². The summed E-state index contributed by atoms with van der Waals surface area (Å²) >= 11 is 12.5. The summed E-state index contributed by atoms with van der Waals surface area (Å²) in [6.45, 7) is 5.69. The van der Waals surface area contributed by atoms with Crippen LogP contribution in [0.25, 0.3) is 5.69 Å². The van der Waals surface area contributed by atoms with Gasteiger partial charge in [0.2, 0.25) is 5.91 Å². The minimum atomic E-state index is -0.158. The van der Waals surface area contributed by atoms with Crippen LogP contribution in [0, 0.1) is 13.8 Å². The summed E-state index contributed by atoms with van der Waals surface area (Å²) in [6.07, 6.45) is 1.80. The van der Waals surface area contributed by atoms with Crippen molar-refractivity contribution in [2.75, 3.05) is 10.2 Å². The molecule has 2 unspecified atom stereocenters. The zero-order valence-corrected chi connectivity index (χ0v) is 21.8. The Balaban J connectivity index is 1.64. The molecule has 0 spiro atoms. The van der Waals surface area contributed by atoms with Gasteiger partial charge in [0, 0.05) is 35.9 Å². The van der Waals surface area contributed by atoms with Crippen LogP contribution in [0.15, 0.2) is 79.0 Å². The summed E-state index contributed by atoms with van der Waals surface area (Å²) in [5.41, 5.74) is 6.79. The van der Waals surface area contributed by atoms with Gasteiger partial charge >= 0.3 is 0 Å². The van der Waals surface area contributed by atoms with Crippen molar-refractivity contribution in [2.24, 2.45) is 0 Å². The molecule has 2 aromatic heterocycles. The Morgan fingerprint density at radius 2 is 1.78 bits per heavy atom. The summed E-state index contributed by atoms with van der Waals surface area (Å²) in [5.74, 6) is -0.110. The van der Waals surface area contributed by atoms with Gasteiger partial charge in [-0.3, -0.25) is 9.78 Å². The summed E-state index contributed by atoms with van der Waals surface area (Å²) in [5, 5.41) is 7.64. The fraction of sp³-hybridized carbons (Fsp3) is 0.179. The van der Waals surface area contributed by atoms with Crippen LogP contribution in [0.4, 0.5) is 11.4 Å². The first-order valence-corrected chi connectivity index (χ1v) is 12.5. The molecular weight excluding hydrogens is 490 g/mol. The normalized spacial score (nSPS) is 17.2. The standard InChI is InChI=1S/C28H26ClN5OS/c1-17-16-22(18(2)33(17)25-10-5-4-8-23(25)29)27-26(24-9-6-7-15-30-24)32-28(36)34(27)21-13-11-20(12-14-21)31-19(3)35/h4-16,26-27H,1-3H3,(H,31,35)(H,32,36). The van der Waals surface area contributed by atoms with E-state index in [1.54, 1.807) is 6.20 Å². The van der Waals surface area contributed by atoms with Gasteiger partial charge in [0.25, 0.3) is 0 Å². The zero-order valence-electron chi connectivity index (χ0n) is 20.2. The lowest BCUT2D eigenvalue weighted by molar-refractivity contribution is -0.114. The van der Waals surface area contributed by atoms with Crippen molar-refractivity contribution in [3.05, 3.63) is 107 Å². The Hall–Kier alpha value is -3.68. The van der Waals surface area contributed by atoms with Crippen LogP contribution in [0.2, 0.25) is 5.02 Å². The van der Waals surface area contributed by atoms with Crippen LogP contribution in [-0.2, 0) is 4.79 Å². The number of rotatable bonds is 5. The molecule has 1 fully saturated rings. The van der Waals surface area contributed by atoms with Crippen LogP contribution in [-0.4, -0.2) is 20.6 Å². The van der Waals surface area contributed by atoms with E-state index in [1.807, 2.05) is 66.7 Å². The van der Waals surface area contributed by atoms with E-state index in [0.717, 1.165) is 39.7 Å². The summed E-state index contributed by atoms with van der Waals surface area (Å²) in [7, 11) is 0. The third kappa shape index (κ3) is 4.36. The Labute approximate surface area is 220 Å². The molecule has 1 amide bonds. The molecule has 5 rings (SSSR count). The highest BCUT2D eigenvalue weighted by Crippen LogP contribution is 2.44. The topological polar surface area (TPSA) is 62.2 Å². The summed E-state index contributed by atoms with van der Waals surface area (Å²) in [6, 6.07) is 23.4. The molecule has 3 heterocycles. The van der Waals surface area contributed by atoms with Crippen LogP contribution in [0.1, 0.15) is 41.7 Å². The molecule has 1 aliphatic heterocycles. The first-order valence-electron chi connectivity index (χ1n) is 11.7. The maximum absolute atomic E-state index is 11.5. The average Bonchev–Trinajstić information content (AvgIpc) is 3.35. The fourth-order valence-electron chi connectivity index (χ4n) is 4.95. The van der Waals surface area contributed by atoms with E-state index < -0.39 is 0 Å². The van der Waals surface area contributed by atoms with E-state index in [0.29, 0.717) is 10.1 Å². The number of carbonyl (C=O) groups excluding carboxylic acids is 1. The number of carbonyl (C=O) groups is 1. The zero-order chi connectivity index (χ0) is 25.4. The highest BCUT2D eigenvalue weighted by atomic mass is 35.5. The molecule has 36 heavy (non-hydrogen) atoms. The van der Waals surface area contributed by atoms with E-state index in [-0.39, 0.29) is 18.0 Å². The highest BCUT2D eigenvalue weighted by molar-refractivity contribution is 7.80. The second-order valence-electron chi connectivity index (χ2n) is 8.84. The van der Waals surface area contributed by atoms with Gasteiger partial charge in [-0.15, -0.1) is 0 Å². The molecule has 2 aromatic carbocycles. The second kappa shape index (κ2) is 9.76. The minimum Gasteiger partial charge on any atom is -0.351 e. The first-order chi connectivity index (χ1) is 17.3. The monoisotopic (exact) mass is 515 g/mol. The van der Waals surface area contributed by atoms with E-state index in [1.165, 1.54) is 6.92 Å². The van der Waals surface area contributed by atoms with Gasteiger partial charge < -0.3 is 20.1 Å². The van der Waals surface area contributed by atoms with Crippen molar-refractivity contribution in [1.82, 2.24) is 14.9 Å². The third-order valence-electron chi connectivity index (χ3n) is 6.45. The highest BCUT2D eigenvalue weighted by Gasteiger charge is 2.42. The summed E-state index contributed by atoms with van der Waals surface area (Å²) in [4.78, 5) is 18.3. The van der Waals surface area contributed by atoms with Gasteiger partial charge in [0.1, 0.15) is 0 Å². The molecular formula is C28H26ClN5OS. The number of pyridine rings is 1. The van der Waals surface area contributed by atoms with Crippen LogP contribution >= 0.6 is 23.8 Å². The van der Waals surface area contributed by atoms with Crippen LogP contribution in [0.3, 0.4) is 0 Å². The average molecular weight is 516 g/mol. The molecule has 0 bridgehead atoms. The number of aryl methyl sites for hydroxylation is 1. The number of hydrogen-bond acceptors (Lipinski definition) is 3. The lowest BCUT2D eigenvalue weighted by atomic mass is 9.96. The Kier molecular flexibility index (Phi) is 6.51.